The predicted octanol–water partition coefficient (Wildman–Crippen LogP) is 4.05. The summed E-state index contributed by atoms with van der Waals surface area (Å²) in [6, 6.07) is 4.57. The molecule has 0 amide bonds. The molecule has 0 heterocycles. The average Bonchev–Trinajstić information content (AvgIpc) is 2.31. The molecule has 0 atom stereocenters. The predicted molar refractivity (Wildman–Crippen MR) is 51.7 cm³/mol. The fourth-order valence-corrected chi connectivity index (χ4v) is 1.45. The third-order valence-electron chi connectivity index (χ3n) is 2.28. The van der Waals surface area contributed by atoms with E-state index in [1.165, 1.54) is 0 Å². The van der Waals surface area contributed by atoms with Crippen LogP contribution in [0, 0.1) is 29.1 Å². The summed E-state index contributed by atoms with van der Waals surface area (Å²) in [6.07, 6.45) is 0. The van der Waals surface area contributed by atoms with E-state index >= 15 is 0 Å². The van der Waals surface area contributed by atoms with Crippen molar-refractivity contribution < 1.29 is 22.0 Å². The van der Waals surface area contributed by atoms with Crippen LogP contribution in [0.1, 0.15) is 0 Å². The van der Waals surface area contributed by atoms with Crippen LogP contribution in [0.4, 0.5) is 22.0 Å². The lowest BCUT2D eigenvalue weighted by Crippen LogP contribution is -1.97. The van der Waals surface area contributed by atoms with Crippen molar-refractivity contribution in [3.63, 3.8) is 0 Å². The maximum Gasteiger partial charge on any atom is 0.195 e. The van der Waals surface area contributed by atoms with Crippen LogP contribution >= 0.6 is 0 Å². The molecular weight excluding hydrogens is 239 g/mol. The van der Waals surface area contributed by atoms with Gasteiger partial charge >= 0.3 is 0 Å². The van der Waals surface area contributed by atoms with Crippen molar-refractivity contribution in [3.8, 4) is 11.1 Å². The first-order chi connectivity index (χ1) is 8.02. The second-order valence-corrected chi connectivity index (χ2v) is 3.32. The molecule has 2 rings (SSSR count). The maximum atomic E-state index is 13.4. The summed E-state index contributed by atoms with van der Waals surface area (Å²) in [5.41, 5.74) is -0.984. The molecule has 0 aliphatic rings. The standard InChI is InChI=1S/C12H5F5/c13-8-3-1-2-6(10(8)15)7-4-5-9(14)12(17)11(7)16/h1-5H. The van der Waals surface area contributed by atoms with Crippen LogP contribution in [-0.4, -0.2) is 0 Å². The van der Waals surface area contributed by atoms with Crippen LogP contribution in [0.3, 0.4) is 0 Å². The van der Waals surface area contributed by atoms with Gasteiger partial charge in [0.2, 0.25) is 0 Å². The molecule has 0 fully saturated rings. The molecule has 0 bridgehead atoms. The van der Waals surface area contributed by atoms with Gasteiger partial charge in [0.15, 0.2) is 29.1 Å². The fraction of sp³-hybridized carbons (Fsp3) is 0. The quantitative estimate of drug-likeness (QED) is 0.524. The Balaban J connectivity index is 2.69. The zero-order valence-corrected chi connectivity index (χ0v) is 8.28. The minimum absolute atomic E-state index is 0.457. The highest BCUT2D eigenvalue weighted by atomic mass is 19.2. The van der Waals surface area contributed by atoms with Crippen molar-refractivity contribution in [1.29, 1.82) is 0 Å². The molecule has 17 heavy (non-hydrogen) atoms. The minimum Gasteiger partial charge on any atom is -0.204 e. The maximum absolute atomic E-state index is 13.4. The number of hydrogen-bond acceptors (Lipinski definition) is 0. The molecule has 0 spiro atoms. The first-order valence-electron chi connectivity index (χ1n) is 4.60. The Morgan fingerprint density at radius 1 is 0.529 bits per heavy atom. The molecule has 0 aliphatic heterocycles. The SMILES string of the molecule is Fc1cccc(-c2ccc(F)c(F)c2F)c1F. The Labute approximate surface area is 93.3 Å². The fourth-order valence-electron chi connectivity index (χ4n) is 1.45. The van der Waals surface area contributed by atoms with E-state index in [9.17, 15) is 22.0 Å². The van der Waals surface area contributed by atoms with Gasteiger partial charge < -0.3 is 0 Å². The molecule has 2 aromatic rings. The summed E-state index contributed by atoms with van der Waals surface area (Å²) in [5, 5.41) is 0. The van der Waals surface area contributed by atoms with E-state index in [0.29, 0.717) is 6.07 Å². The van der Waals surface area contributed by atoms with Gasteiger partial charge in [0, 0.05) is 11.1 Å². The third kappa shape index (κ3) is 1.88. The first kappa shape index (κ1) is 11.6. The van der Waals surface area contributed by atoms with E-state index in [1.807, 2.05) is 0 Å². The number of halogens is 5. The zero-order chi connectivity index (χ0) is 12.6. The number of benzene rings is 2. The Morgan fingerprint density at radius 3 is 1.82 bits per heavy atom. The van der Waals surface area contributed by atoms with Gasteiger partial charge in [-0.2, -0.15) is 0 Å². The lowest BCUT2D eigenvalue weighted by atomic mass is 10.0. The van der Waals surface area contributed by atoms with Crippen LogP contribution in [-0.2, 0) is 0 Å². The second kappa shape index (κ2) is 4.16. The Bertz CT molecular complexity index is 577. The first-order valence-corrected chi connectivity index (χ1v) is 4.60. The molecule has 2 aromatic carbocycles. The van der Waals surface area contributed by atoms with Crippen molar-refractivity contribution in [1.82, 2.24) is 0 Å². The average molecular weight is 244 g/mol. The lowest BCUT2D eigenvalue weighted by Gasteiger charge is -2.06. The smallest absolute Gasteiger partial charge is 0.195 e. The van der Waals surface area contributed by atoms with E-state index in [0.717, 1.165) is 24.3 Å². The summed E-state index contributed by atoms with van der Waals surface area (Å²) in [4.78, 5) is 0. The van der Waals surface area contributed by atoms with Gasteiger partial charge in [-0.1, -0.05) is 12.1 Å². The van der Waals surface area contributed by atoms with E-state index < -0.39 is 40.2 Å². The van der Waals surface area contributed by atoms with Crippen LogP contribution < -0.4 is 0 Å². The molecule has 0 N–H and O–H groups in total. The molecule has 0 unspecified atom stereocenters. The van der Waals surface area contributed by atoms with E-state index in [4.69, 9.17) is 0 Å². The van der Waals surface area contributed by atoms with Gasteiger partial charge in [-0.05, 0) is 18.2 Å². The molecule has 88 valence electrons. The normalized spacial score (nSPS) is 10.6. The monoisotopic (exact) mass is 244 g/mol. The van der Waals surface area contributed by atoms with Crippen LogP contribution in [0.5, 0.6) is 0 Å². The second-order valence-electron chi connectivity index (χ2n) is 3.32. The van der Waals surface area contributed by atoms with Crippen LogP contribution in [0.2, 0.25) is 0 Å². The van der Waals surface area contributed by atoms with Crippen molar-refractivity contribution in [2.75, 3.05) is 0 Å². The molecule has 0 aliphatic carbocycles. The molecule has 5 heteroatoms. The van der Waals surface area contributed by atoms with E-state index in [-0.39, 0.29) is 0 Å². The lowest BCUT2D eigenvalue weighted by molar-refractivity contribution is 0.448. The van der Waals surface area contributed by atoms with Gasteiger partial charge in [-0.3, -0.25) is 0 Å². The van der Waals surface area contributed by atoms with Crippen molar-refractivity contribution in [2.45, 2.75) is 0 Å². The highest BCUT2D eigenvalue weighted by Gasteiger charge is 2.18. The highest BCUT2D eigenvalue weighted by molar-refractivity contribution is 5.65. The zero-order valence-electron chi connectivity index (χ0n) is 8.28. The molecule has 0 saturated carbocycles. The molecule has 0 radical (unpaired) electrons. The van der Waals surface area contributed by atoms with Gasteiger partial charge in [0.05, 0.1) is 0 Å². The molecule has 0 aromatic heterocycles. The number of rotatable bonds is 1. The largest absolute Gasteiger partial charge is 0.204 e. The molecular formula is C12H5F5. The summed E-state index contributed by atoms with van der Waals surface area (Å²) in [7, 11) is 0. The van der Waals surface area contributed by atoms with E-state index in [1.54, 1.807) is 0 Å². The summed E-state index contributed by atoms with van der Waals surface area (Å²) >= 11 is 0. The Hall–Kier alpha value is -1.91. The minimum atomic E-state index is -1.72. The summed E-state index contributed by atoms with van der Waals surface area (Å²) in [5.74, 6) is -7.15. The van der Waals surface area contributed by atoms with Gasteiger partial charge in [-0.15, -0.1) is 0 Å². The Kier molecular flexibility index (Phi) is 2.83. The van der Waals surface area contributed by atoms with Crippen LogP contribution in [0.25, 0.3) is 11.1 Å². The number of hydrogen-bond donors (Lipinski definition) is 0. The highest BCUT2D eigenvalue weighted by Crippen LogP contribution is 2.28. The summed E-state index contributed by atoms with van der Waals surface area (Å²) in [6.45, 7) is 0. The topological polar surface area (TPSA) is 0 Å². The molecule has 0 saturated heterocycles. The van der Waals surface area contributed by atoms with Crippen LogP contribution in [0.15, 0.2) is 30.3 Å². The van der Waals surface area contributed by atoms with E-state index in [2.05, 4.69) is 0 Å². The van der Waals surface area contributed by atoms with Gasteiger partial charge in [-0.25, -0.2) is 22.0 Å². The van der Waals surface area contributed by atoms with Crippen molar-refractivity contribution >= 4 is 0 Å². The van der Waals surface area contributed by atoms with Gasteiger partial charge in [0.25, 0.3) is 0 Å². The molecule has 0 nitrogen and oxygen atoms in total. The van der Waals surface area contributed by atoms with Crippen molar-refractivity contribution in [3.05, 3.63) is 59.4 Å². The summed E-state index contributed by atoms with van der Waals surface area (Å²) < 4.78 is 65.2. The van der Waals surface area contributed by atoms with Crippen molar-refractivity contribution in [2.24, 2.45) is 0 Å². The van der Waals surface area contributed by atoms with Gasteiger partial charge in [0.1, 0.15) is 0 Å². The Morgan fingerprint density at radius 2 is 1.12 bits per heavy atom. The third-order valence-corrected chi connectivity index (χ3v) is 2.28.